The monoisotopic (exact) mass is 241 g/mol. The van der Waals surface area contributed by atoms with Gasteiger partial charge in [-0.2, -0.15) is 0 Å². The third kappa shape index (κ3) is 2.08. The van der Waals surface area contributed by atoms with Crippen molar-refractivity contribution in [3.63, 3.8) is 0 Å². The van der Waals surface area contributed by atoms with Crippen molar-refractivity contribution < 1.29 is 4.74 Å². The van der Waals surface area contributed by atoms with Crippen molar-refractivity contribution in [2.45, 2.75) is 25.3 Å². The van der Waals surface area contributed by atoms with Crippen LogP contribution in [0.25, 0.3) is 10.8 Å². The second kappa shape index (κ2) is 4.62. The van der Waals surface area contributed by atoms with E-state index in [2.05, 4.69) is 30.3 Å². The number of rotatable bonds is 4. The molecule has 2 aromatic rings. The van der Waals surface area contributed by atoms with Crippen LogP contribution in [0.3, 0.4) is 0 Å². The van der Waals surface area contributed by atoms with Gasteiger partial charge in [-0.05, 0) is 29.2 Å². The van der Waals surface area contributed by atoms with Gasteiger partial charge in [0.1, 0.15) is 5.75 Å². The summed E-state index contributed by atoms with van der Waals surface area (Å²) in [5.41, 5.74) is 7.57. The Morgan fingerprint density at radius 1 is 1.22 bits per heavy atom. The molecule has 2 N–H and O–H groups in total. The van der Waals surface area contributed by atoms with Gasteiger partial charge < -0.3 is 10.5 Å². The molecule has 2 aromatic carbocycles. The fraction of sp³-hybridized carbons (Fsp3) is 0.375. The molecule has 0 amide bonds. The van der Waals surface area contributed by atoms with Crippen molar-refractivity contribution in [2.24, 2.45) is 11.7 Å². The Balaban J connectivity index is 2.09. The Hall–Kier alpha value is -1.54. The van der Waals surface area contributed by atoms with Gasteiger partial charge in [-0.3, -0.25) is 0 Å². The minimum atomic E-state index is 0.0820. The van der Waals surface area contributed by atoms with Gasteiger partial charge in [-0.25, -0.2) is 0 Å². The largest absolute Gasteiger partial charge is 0.496 e. The van der Waals surface area contributed by atoms with Gasteiger partial charge in [0, 0.05) is 11.6 Å². The van der Waals surface area contributed by atoms with Gasteiger partial charge in [0.25, 0.3) is 0 Å². The normalized spacial score (nSPS) is 16.8. The maximum atomic E-state index is 6.40. The molecule has 0 saturated heterocycles. The van der Waals surface area contributed by atoms with Gasteiger partial charge in [0.2, 0.25) is 0 Å². The van der Waals surface area contributed by atoms with E-state index in [9.17, 15) is 0 Å². The number of nitrogens with two attached hydrogens (primary N) is 1. The van der Waals surface area contributed by atoms with Gasteiger partial charge in [-0.1, -0.05) is 43.2 Å². The fourth-order valence-electron chi connectivity index (χ4n) is 2.67. The molecular weight excluding hydrogens is 222 g/mol. The molecule has 3 rings (SSSR count). The predicted molar refractivity (Wildman–Crippen MR) is 74.8 cm³/mol. The molecule has 2 nitrogen and oxygen atoms in total. The van der Waals surface area contributed by atoms with Gasteiger partial charge in [-0.15, -0.1) is 0 Å². The van der Waals surface area contributed by atoms with E-state index in [4.69, 9.17) is 10.5 Å². The molecule has 0 radical (unpaired) electrons. The van der Waals surface area contributed by atoms with Crippen LogP contribution in [0.4, 0.5) is 0 Å². The van der Waals surface area contributed by atoms with Crippen LogP contribution < -0.4 is 10.5 Å². The first kappa shape index (κ1) is 11.5. The minimum absolute atomic E-state index is 0.0820. The van der Waals surface area contributed by atoms with E-state index in [1.807, 2.05) is 6.07 Å². The highest BCUT2D eigenvalue weighted by molar-refractivity contribution is 5.88. The smallest absolute Gasteiger partial charge is 0.124 e. The first-order valence-corrected chi connectivity index (χ1v) is 6.61. The van der Waals surface area contributed by atoms with Crippen LogP contribution in [0.2, 0.25) is 0 Å². The molecule has 0 spiro atoms. The quantitative estimate of drug-likeness (QED) is 0.886. The third-order valence-electron chi connectivity index (χ3n) is 3.81. The number of hydrogen-bond donors (Lipinski definition) is 1. The van der Waals surface area contributed by atoms with Crippen LogP contribution >= 0.6 is 0 Å². The SMILES string of the molecule is COc1ccc2ccccc2c1[C@H](N)CC1CC1. The molecule has 0 heterocycles. The van der Waals surface area contributed by atoms with Crippen LogP contribution in [-0.2, 0) is 0 Å². The Kier molecular flexibility index (Phi) is 2.96. The van der Waals surface area contributed by atoms with Crippen LogP contribution in [0.15, 0.2) is 36.4 Å². The zero-order valence-corrected chi connectivity index (χ0v) is 10.7. The second-order valence-electron chi connectivity index (χ2n) is 5.19. The highest BCUT2D eigenvalue weighted by Gasteiger charge is 2.26. The molecule has 18 heavy (non-hydrogen) atoms. The van der Waals surface area contributed by atoms with E-state index in [-0.39, 0.29) is 6.04 Å². The van der Waals surface area contributed by atoms with Crippen molar-refractivity contribution in [2.75, 3.05) is 7.11 Å². The standard InChI is InChI=1S/C16H19NO/c1-18-15-9-8-12-4-2-3-5-13(12)16(15)14(17)10-11-6-7-11/h2-5,8-9,11,14H,6-7,10,17H2,1H3/t14-/m1/s1. The lowest BCUT2D eigenvalue weighted by molar-refractivity contribution is 0.404. The van der Waals surface area contributed by atoms with Crippen LogP contribution in [-0.4, -0.2) is 7.11 Å². The summed E-state index contributed by atoms with van der Waals surface area (Å²) in [6.07, 6.45) is 3.74. The van der Waals surface area contributed by atoms with Crippen LogP contribution in [0.1, 0.15) is 30.9 Å². The topological polar surface area (TPSA) is 35.2 Å². The summed E-state index contributed by atoms with van der Waals surface area (Å²) in [5, 5.41) is 2.46. The fourth-order valence-corrected chi connectivity index (χ4v) is 2.67. The van der Waals surface area contributed by atoms with Gasteiger partial charge in [0.15, 0.2) is 0 Å². The first-order valence-electron chi connectivity index (χ1n) is 6.61. The summed E-state index contributed by atoms with van der Waals surface area (Å²) >= 11 is 0. The Bertz CT molecular complexity index is 560. The summed E-state index contributed by atoms with van der Waals surface area (Å²) < 4.78 is 5.50. The molecule has 0 unspecified atom stereocenters. The average molecular weight is 241 g/mol. The number of methoxy groups -OCH3 is 1. The highest BCUT2D eigenvalue weighted by Crippen LogP contribution is 2.40. The summed E-state index contributed by atoms with van der Waals surface area (Å²) in [5.74, 6) is 1.74. The molecule has 2 heteroatoms. The summed E-state index contributed by atoms with van der Waals surface area (Å²) in [6.45, 7) is 0. The molecule has 1 aliphatic rings. The van der Waals surface area contributed by atoms with Crippen molar-refractivity contribution in [3.05, 3.63) is 42.0 Å². The predicted octanol–water partition coefficient (Wildman–Crippen LogP) is 3.65. The highest BCUT2D eigenvalue weighted by atomic mass is 16.5. The van der Waals surface area contributed by atoms with Crippen molar-refractivity contribution in [1.29, 1.82) is 0 Å². The van der Waals surface area contributed by atoms with E-state index in [0.29, 0.717) is 0 Å². The van der Waals surface area contributed by atoms with Crippen LogP contribution in [0.5, 0.6) is 5.75 Å². The van der Waals surface area contributed by atoms with Crippen molar-refractivity contribution in [3.8, 4) is 5.75 Å². The number of fused-ring (bicyclic) bond motifs is 1. The minimum Gasteiger partial charge on any atom is -0.496 e. The maximum Gasteiger partial charge on any atom is 0.124 e. The molecule has 0 bridgehead atoms. The number of ether oxygens (including phenoxy) is 1. The average Bonchev–Trinajstić information content (AvgIpc) is 3.21. The lowest BCUT2D eigenvalue weighted by atomic mass is 9.95. The molecule has 1 fully saturated rings. The van der Waals surface area contributed by atoms with Crippen molar-refractivity contribution >= 4 is 10.8 Å². The Morgan fingerprint density at radius 3 is 2.72 bits per heavy atom. The molecule has 1 saturated carbocycles. The molecule has 0 aliphatic heterocycles. The summed E-state index contributed by atoms with van der Waals surface area (Å²) in [7, 11) is 1.72. The maximum absolute atomic E-state index is 6.40. The number of hydrogen-bond acceptors (Lipinski definition) is 2. The van der Waals surface area contributed by atoms with E-state index in [0.717, 1.165) is 18.1 Å². The Morgan fingerprint density at radius 2 is 2.00 bits per heavy atom. The first-order chi connectivity index (χ1) is 8.79. The summed E-state index contributed by atoms with van der Waals surface area (Å²) in [4.78, 5) is 0. The zero-order valence-electron chi connectivity index (χ0n) is 10.7. The zero-order chi connectivity index (χ0) is 12.5. The Labute approximate surface area is 108 Å². The van der Waals surface area contributed by atoms with Gasteiger partial charge in [0.05, 0.1) is 7.11 Å². The van der Waals surface area contributed by atoms with E-state index >= 15 is 0 Å². The van der Waals surface area contributed by atoms with E-state index in [1.54, 1.807) is 7.11 Å². The third-order valence-corrected chi connectivity index (χ3v) is 3.81. The molecule has 0 aromatic heterocycles. The van der Waals surface area contributed by atoms with Gasteiger partial charge >= 0.3 is 0 Å². The lowest BCUT2D eigenvalue weighted by Gasteiger charge is -2.18. The summed E-state index contributed by atoms with van der Waals surface area (Å²) in [6, 6.07) is 12.6. The molecule has 1 atom stereocenters. The molecule has 94 valence electrons. The lowest BCUT2D eigenvalue weighted by Crippen LogP contribution is -2.13. The van der Waals surface area contributed by atoms with E-state index < -0.39 is 0 Å². The molecular formula is C16H19NO. The van der Waals surface area contributed by atoms with Crippen LogP contribution in [0, 0.1) is 5.92 Å². The number of benzene rings is 2. The molecule has 1 aliphatic carbocycles. The van der Waals surface area contributed by atoms with E-state index in [1.165, 1.54) is 29.2 Å². The van der Waals surface area contributed by atoms with Crippen molar-refractivity contribution in [1.82, 2.24) is 0 Å². The second-order valence-corrected chi connectivity index (χ2v) is 5.19.